The van der Waals surface area contributed by atoms with Gasteiger partial charge in [0, 0.05) is 13.7 Å². The molecule has 0 amide bonds. The van der Waals surface area contributed by atoms with Gasteiger partial charge >= 0.3 is 5.97 Å². The van der Waals surface area contributed by atoms with Crippen LogP contribution in [0.4, 0.5) is 0 Å². The van der Waals surface area contributed by atoms with Crippen LogP contribution in [0.1, 0.15) is 19.8 Å². The molecule has 0 aromatic rings. The van der Waals surface area contributed by atoms with Crippen molar-refractivity contribution in [3.05, 3.63) is 0 Å². The highest BCUT2D eigenvalue weighted by Gasteiger charge is 2.02. The van der Waals surface area contributed by atoms with Gasteiger partial charge in [-0.05, 0) is 6.42 Å². The number of carbonyl (C=O) groups is 1. The molecule has 0 aliphatic heterocycles. The third-order valence-corrected chi connectivity index (χ3v) is 2.47. The van der Waals surface area contributed by atoms with Crippen molar-refractivity contribution in [1.29, 1.82) is 0 Å². The van der Waals surface area contributed by atoms with Gasteiger partial charge in [-0.15, -0.1) is 0 Å². The monoisotopic (exact) mass is 322 g/mol. The largest absolute Gasteiger partial charge is 0.463 e. The first-order chi connectivity index (χ1) is 10.8. The number of hydrogen-bond donors (Lipinski definition) is 0. The summed E-state index contributed by atoms with van der Waals surface area (Å²) >= 11 is 0. The second-order valence-electron chi connectivity index (χ2n) is 4.41. The first-order valence-corrected chi connectivity index (χ1v) is 7.76. The number of rotatable bonds is 17. The lowest BCUT2D eigenvalue weighted by atomic mass is 10.5. The van der Waals surface area contributed by atoms with Crippen molar-refractivity contribution < 1.29 is 33.2 Å². The van der Waals surface area contributed by atoms with E-state index < -0.39 is 0 Å². The maximum atomic E-state index is 11.3. The molecule has 7 nitrogen and oxygen atoms in total. The molecule has 0 radical (unpaired) electrons. The molecule has 0 N–H and O–H groups in total. The summed E-state index contributed by atoms with van der Waals surface area (Å²) in [6, 6.07) is 0. The zero-order valence-electron chi connectivity index (χ0n) is 13.8. The lowest BCUT2D eigenvalue weighted by Gasteiger charge is -2.07. The molecule has 0 aliphatic rings. The number of carbonyl (C=O) groups excluding carboxylic acids is 1. The van der Waals surface area contributed by atoms with E-state index in [9.17, 15) is 4.79 Å². The van der Waals surface area contributed by atoms with Crippen LogP contribution in [-0.2, 0) is 33.2 Å². The molecule has 0 aliphatic carbocycles. The predicted octanol–water partition coefficient (Wildman–Crippen LogP) is 1.04. The first-order valence-electron chi connectivity index (χ1n) is 7.76. The van der Waals surface area contributed by atoms with Gasteiger partial charge < -0.3 is 28.4 Å². The van der Waals surface area contributed by atoms with Gasteiger partial charge in [0.05, 0.1) is 59.3 Å². The van der Waals surface area contributed by atoms with Crippen LogP contribution in [0.5, 0.6) is 0 Å². The van der Waals surface area contributed by atoms with Crippen molar-refractivity contribution in [3.63, 3.8) is 0 Å². The lowest BCUT2D eigenvalue weighted by molar-refractivity contribution is -0.146. The molecule has 0 spiro atoms. The number of hydrogen-bond acceptors (Lipinski definition) is 7. The van der Waals surface area contributed by atoms with E-state index in [-0.39, 0.29) is 12.4 Å². The molecule has 0 atom stereocenters. The number of ether oxygens (including phenoxy) is 6. The average Bonchev–Trinajstić information content (AvgIpc) is 2.52. The Morgan fingerprint density at radius 1 is 0.682 bits per heavy atom. The van der Waals surface area contributed by atoms with Crippen molar-refractivity contribution in [2.75, 3.05) is 73.2 Å². The minimum Gasteiger partial charge on any atom is -0.463 e. The summed E-state index contributed by atoms with van der Waals surface area (Å²) in [4.78, 5) is 11.3. The number of methoxy groups -OCH3 is 1. The van der Waals surface area contributed by atoms with E-state index in [1.165, 1.54) is 0 Å². The first kappa shape index (κ1) is 21.3. The Morgan fingerprint density at radius 2 is 1.18 bits per heavy atom. The van der Waals surface area contributed by atoms with Gasteiger partial charge in [-0.25, -0.2) is 0 Å². The van der Waals surface area contributed by atoms with Crippen LogP contribution in [0.25, 0.3) is 0 Å². The van der Waals surface area contributed by atoms with Gasteiger partial charge in [0.25, 0.3) is 0 Å². The average molecular weight is 322 g/mol. The molecule has 0 heterocycles. The van der Waals surface area contributed by atoms with E-state index >= 15 is 0 Å². The Hall–Kier alpha value is -0.730. The fourth-order valence-corrected chi connectivity index (χ4v) is 1.37. The van der Waals surface area contributed by atoms with E-state index in [2.05, 4.69) is 0 Å². The van der Waals surface area contributed by atoms with Crippen LogP contribution in [0, 0.1) is 0 Å². The van der Waals surface area contributed by atoms with Crippen LogP contribution in [-0.4, -0.2) is 79.1 Å². The third-order valence-electron chi connectivity index (χ3n) is 2.47. The zero-order valence-corrected chi connectivity index (χ0v) is 13.8. The molecule has 0 aromatic carbocycles. The highest BCUT2D eigenvalue weighted by atomic mass is 16.6. The van der Waals surface area contributed by atoms with Crippen LogP contribution in [0.2, 0.25) is 0 Å². The normalized spacial score (nSPS) is 10.8. The van der Waals surface area contributed by atoms with Gasteiger partial charge in [-0.3, -0.25) is 4.79 Å². The topological polar surface area (TPSA) is 72.5 Å². The van der Waals surface area contributed by atoms with Crippen LogP contribution >= 0.6 is 0 Å². The summed E-state index contributed by atoms with van der Waals surface area (Å²) in [5.41, 5.74) is 0. The minimum absolute atomic E-state index is 0.244. The summed E-state index contributed by atoms with van der Waals surface area (Å²) in [5.74, 6) is -0.271. The lowest BCUT2D eigenvalue weighted by Crippen LogP contribution is -2.14. The predicted molar refractivity (Wildman–Crippen MR) is 81.0 cm³/mol. The van der Waals surface area contributed by atoms with E-state index in [1.54, 1.807) is 7.11 Å². The van der Waals surface area contributed by atoms with E-state index in [4.69, 9.17) is 28.4 Å². The fourth-order valence-electron chi connectivity index (χ4n) is 1.37. The number of esters is 1. The molecule has 0 saturated carbocycles. The molecular weight excluding hydrogens is 292 g/mol. The molecule has 7 heteroatoms. The van der Waals surface area contributed by atoms with Crippen LogP contribution < -0.4 is 0 Å². The highest BCUT2D eigenvalue weighted by Crippen LogP contribution is 1.90. The van der Waals surface area contributed by atoms with Gasteiger partial charge in [-0.2, -0.15) is 0 Å². The Kier molecular flexibility index (Phi) is 17.7. The second kappa shape index (κ2) is 18.3. The summed E-state index contributed by atoms with van der Waals surface area (Å²) in [6.07, 6.45) is 1.21. The van der Waals surface area contributed by atoms with Crippen LogP contribution in [0.3, 0.4) is 0 Å². The summed E-state index contributed by atoms with van der Waals surface area (Å²) in [5, 5.41) is 0. The van der Waals surface area contributed by atoms with Gasteiger partial charge in [0.2, 0.25) is 0 Å². The second-order valence-corrected chi connectivity index (χ2v) is 4.41. The molecule has 0 rings (SSSR count). The zero-order chi connectivity index (χ0) is 16.3. The SMILES string of the molecule is CCCOCCOC(=O)CCOCCOCCOCCOC. The van der Waals surface area contributed by atoms with Gasteiger partial charge in [0.1, 0.15) is 6.61 Å². The molecular formula is C15H30O7. The standard InChI is InChI=1S/C15H30O7/c1-3-5-18-13-14-22-15(16)4-6-19-9-10-21-12-11-20-8-7-17-2/h3-14H2,1-2H3. The highest BCUT2D eigenvalue weighted by molar-refractivity contribution is 5.69. The van der Waals surface area contributed by atoms with E-state index in [0.29, 0.717) is 66.1 Å². The van der Waals surface area contributed by atoms with E-state index in [1.807, 2.05) is 6.92 Å². The molecule has 132 valence electrons. The maximum Gasteiger partial charge on any atom is 0.308 e. The van der Waals surface area contributed by atoms with Crippen molar-refractivity contribution in [3.8, 4) is 0 Å². The summed E-state index contributed by atoms with van der Waals surface area (Å²) in [7, 11) is 1.63. The molecule has 0 saturated heterocycles. The van der Waals surface area contributed by atoms with Crippen molar-refractivity contribution >= 4 is 5.97 Å². The Labute approximate surface area is 133 Å². The molecule has 22 heavy (non-hydrogen) atoms. The Morgan fingerprint density at radius 3 is 1.77 bits per heavy atom. The quantitative estimate of drug-likeness (QED) is 0.293. The Bertz CT molecular complexity index is 236. The van der Waals surface area contributed by atoms with Crippen molar-refractivity contribution in [2.45, 2.75) is 19.8 Å². The fraction of sp³-hybridized carbons (Fsp3) is 0.933. The summed E-state index contributed by atoms with van der Waals surface area (Å²) in [6.45, 7) is 6.95. The van der Waals surface area contributed by atoms with Gasteiger partial charge in [0.15, 0.2) is 0 Å². The maximum absolute atomic E-state index is 11.3. The third kappa shape index (κ3) is 17.3. The molecule has 0 fully saturated rings. The van der Waals surface area contributed by atoms with Crippen LogP contribution in [0.15, 0.2) is 0 Å². The Balaban J connectivity index is 3.10. The van der Waals surface area contributed by atoms with E-state index in [0.717, 1.165) is 6.42 Å². The molecule has 0 unspecified atom stereocenters. The molecule has 0 bridgehead atoms. The van der Waals surface area contributed by atoms with Crippen molar-refractivity contribution in [2.24, 2.45) is 0 Å². The summed E-state index contributed by atoms with van der Waals surface area (Å²) < 4.78 is 30.8. The molecule has 0 aromatic heterocycles. The van der Waals surface area contributed by atoms with Gasteiger partial charge in [-0.1, -0.05) is 6.92 Å². The minimum atomic E-state index is -0.271. The van der Waals surface area contributed by atoms with Crippen molar-refractivity contribution in [1.82, 2.24) is 0 Å². The smallest absolute Gasteiger partial charge is 0.308 e.